The first-order valence-electron chi connectivity index (χ1n) is 27.5. The molecular formula is C55H106O6. The summed E-state index contributed by atoms with van der Waals surface area (Å²) in [5.41, 5.74) is 0. The summed E-state index contributed by atoms with van der Waals surface area (Å²) < 4.78 is 11.4. The molecule has 0 fully saturated rings. The average Bonchev–Trinajstić information content (AvgIpc) is 3.26. The highest BCUT2D eigenvalue weighted by molar-refractivity contribution is 5.86. The molecule has 0 saturated heterocycles. The summed E-state index contributed by atoms with van der Waals surface area (Å²) in [6.07, 6.45) is 51.9. The fourth-order valence-corrected chi connectivity index (χ4v) is 8.71. The summed E-state index contributed by atoms with van der Waals surface area (Å²) >= 11 is 0. The molecule has 0 radical (unpaired) electrons. The van der Waals surface area contributed by atoms with Crippen LogP contribution >= 0.6 is 0 Å². The maximum atomic E-state index is 13.5. The van der Waals surface area contributed by atoms with Gasteiger partial charge in [-0.3, -0.25) is 14.4 Å². The van der Waals surface area contributed by atoms with Crippen LogP contribution in [-0.2, 0) is 23.9 Å². The monoisotopic (exact) mass is 863 g/mol. The molecule has 0 amide bonds. The Balaban J connectivity index is 4.56. The number of rotatable bonds is 51. The van der Waals surface area contributed by atoms with Crippen LogP contribution in [0.25, 0.3) is 0 Å². The summed E-state index contributed by atoms with van der Waals surface area (Å²) in [4.78, 5) is 39.4. The third-order valence-electron chi connectivity index (χ3n) is 12.9. The third-order valence-corrected chi connectivity index (χ3v) is 12.9. The maximum Gasteiger partial charge on any atom is 0.306 e. The Morgan fingerprint density at radius 2 is 0.525 bits per heavy atom. The Kier molecular flexibility index (Phi) is 48.4. The van der Waals surface area contributed by atoms with Crippen molar-refractivity contribution in [3.63, 3.8) is 0 Å². The van der Waals surface area contributed by atoms with Crippen molar-refractivity contribution in [1.29, 1.82) is 0 Å². The lowest BCUT2D eigenvalue weighted by Gasteiger charge is -2.25. The molecule has 61 heavy (non-hydrogen) atoms. The molecule has 2 unspecified atom stereocenters. The van der Waals surface area contributed by atoms with Gasteiger partial charge < -0.3 is 14.6 Å². The van der Waals surface area contributed by atoms with Crippen molar-refractivity contribution < 1.29 is 29.0 Å². The second-order valence-corrected chi connectivity index (χ2v) is 19.0. The zero-order chi connectivity index (χ0) is 44.5. The van der Waals surface area contributed by atoms with E-state index in [1.54, 1.807) is 0 Å². The van der Waals surface area contributed by atoms with E-state index < -0.39 is 30.8 Å². The molecule has 0 saturated carbocycles. The topological polar surface area (TPSA) is 89.9 Å². The van der Waals surface area contributed by atoms with E-state index in [0.717, 1.165) is 57.8 Å². The molecule has 362 valence electrons. The van der Waals surface area contributed by atoms with E-state index in [1.165, 1.54) is 218 Å². The van der Waals surface area contributed by atoms with Gasteiger partial charge in [0, 0.05) is 19.3 Å². The fourth-order valence-electron chi connectivity index (χ4n) is 8.71. The van der Waals surface area contributed by atoms with Crippen molar-refractivity contribution in [3.8, 4) is 0 Å². The van der Waals surface area contributed by atoms with Crippen LogP contribution < -0.4 is 0 Å². The maximum absolute atomic E-state index is 13.5. The number of ether oxygens (including phenoxy) is 2. The molecule has 0 spiro atoms. The van der Waals surface area contributed by atoms with Crippen LogP contribution in [0.3, 0.4) is 0 Å². The van der Waals surface area contributed by atoms with E-state index in [1.807, 2.05) is 0 Å². The van der Waals surface area contributed by atoms with Crippen LogP contribution in [0, 0.1) is 0 Å². The predicted molar refractivity (Wildman–Crippen MR) is 261 cm³/mol. The molecule has 0 heterocycles. The number of aliphatic hydroxyl groups excluding tert-OH is 1. The van der Waals surface area contributed by atoms with Gasteiger partial charge in [0.2, 0.25) is 0 Å². The minimum atomic E-state index is -1.24. The van der Waals surface area contributed by atoms with E-state index in [9.17, 15) is 19.5 Å². The summed E-state index contributed by atoms with van der Waals surface area (Å²) in [6, 6.07) is 0. The van der Waals surface area contributed by atoms with Gasteiger partial charge in [0.25, 0.3) is 0 Å². The Hall–Kier alpha value is -1.43. The second kappa shape index (κ2) is 49.6. The van der Waals surface area contributed by atoms with Gasteiger partial charge in [-0.05, 0) is 19.3 Å². The van der Waals surface area contributed by atoms with Crippen molar-refractivity contribution >= 4 is 17.7 Å². The number of ketones is 1. The van der Waals surface area contributed by atoms with Gasteiger partial charge in [0.05, 0.1) is 6.61 Å². The number of Topliss-reactive ketones (excluding diaryl/α,β-unsaturated/α-hetero) is 1. The Bertz CT molecular complexity index is 920. The summed E-state index contributed by atoms with van der Waals surface area (Å²) in [5, 5.41) is 10.3. The lowest BCUT2D eigenvalue weighted by Crippen LogP contribution is -2.43. The molecular weight excluding hydrogens is 757 g/mol. The third kappa shape index (κ3) is 43.6. The van der Waals surface area contributed by atoms with Crippen LogP contribution in [0.1, 0.15) is 316 Å². The average molecular weight is 863 g/mol. The molecule has 0 aromatic carbocycles. The van der Waals surface area contributed by atoms with Gasteiger partial charge in [-0.25, -0.2) is 0 Å². The Morgan fingerprint density at radius 1 is 0.311 bits per heavy atom. The number of esters is 2. The van der Waals surface area contributed by atoms with Crippen LogP contribution in [0.15, 0.2) is 0 Å². The van der Waals surface area contributed by atoms with Gasteiger partial charge >= 0.3 is 11.9 Å². The van der Waals surface area contributed by atoms with E-state index in [4.69, 9.17) is 9.47 Å². The summed E-state index contributed by atoms with van der Waals surface area (Å²) in [6.45, 7) is 6.27. The standard InChI is InChI=1S/C55H106O6/c1-4-7-10-13-16-19-22-25-27-30-32-35-38-41-44-47-51(57)55(61-54(59)49-46-43-40-37-34-31-28-26-23-20-17-14-11-8-5-2)52(50-56)60-53(58)48-45-42-39-36-33-29-24-21-18-15-12-9-6-3/h52,55-56H,4-50H2,1-3H3. The molecule has 0 bridgehead atoms. The van der Waals surface area contributed by atoms with Crippen LogP contribution in [0.4, 0.5) is 0 Å². The number of unbranched alkanes of at least 4 members (excludes halogenated alkanes) is 40. The smallest absolute Gasteiger partial charge is 0.306 e. The molecule has 0 aliphatic heterocycles. The van der Waals surface area contributed by atoms with E-state index in [0.29, 0.717) is 0 Å². The normalized spacial score (nSPS) is 12.5. The summed E-state index contributed by atoms with van der Waals surface area (Å²) in [5.74, 6) is -1.10. The van der Waals surface area contributed by atoms with Crippen molar-refractivity contribution in [3.05, 3.63) is 0 Å². The molecule has 6 heteroatoms. The lowest BCUT2D eigenvalue weighted by molar-refractivity contribution is -0.175. The van der Waals surface area contributed by atoms with Crippen molar-refractivity contribution in [2.75, 3.05) is 6.61 Å². The second-order valence-electron chi connectivity index (χ2n) is 19.0. The Morgan fingerprint density at radius 3 is 0.770 bits per heavy atom. The SMILES string of the molecule is CCCCCCCCCCCCCCCCCC(=O)OC(C(=O)CCCCCCCCCCCCCCCCC)C(CO)OC(=O)CCCCCCCCCCCCCCC. The van der Waals surface area contributed by atoms with Crippen molar-refractivity contribution in [2.24, 2.45) is 0 Å². The molecule has 0 aromatic heterocycles. The van der Waals surface area contributed by atoms with Gasteiger partial charge in [-0.15, -0.1) is 0 Å². The number of hydrogen-bond acceptors (Lipinski definition) is 6. The zero-order valence-electron chi connectivity index (χ0n) is 41.4. The van der Waals surface area contributed by atoms with Crippen molar-refractivity contribution in [1.82, 2.24) is 0 Å². The molecule has 0 rings (SSSR count). The van der Waals surface area contributed by atoms with E-state index in [-0.39, 0.29) is 25.0 Å². The largest absolute Gasteiger partial charge is 0.455 e. The van der Waals surface area contributed by atoms with Crippen LogP contribution in [-0.4, -0.2) is 41.6 Å². The van der Waals surface area contributed by atoms with Gasteiger partial charge in [-0.1, -0.05) is 278 Å². The highest BCUT2D eigenvalue weighted by atomic mass is 16.6. The minimum Gasteiger partial charge on any atom is -0.455 e. The minimum absolute atomic E-state index is 0.242. The fraction of sp³-hybridized carbons (Fsp3) is 0.945. The predicted octanol–water partition coefficient (Wildman–Crippen LogP) is 17.4. The molecule has 2 atom stereocenters. The van der Waals surface area contributed by atoms with Crippen LogP contribution in [0.5, 0.6) is 0 Å². The van der Waals surface area contributed by atoms with E-state index >= 15 is 0 Å². The highest BCUT2D eigenvalue weighted by Crippen LogP contribution is 2.19. The van der Waals surface area contributed by atoms with Gasteiger partial charge in [-0.2, -0.15) is 0 Å². The quantitative estimate of drug-likeness (QED) is 0.0484. The number of carbonyl (C=O) groups excluding carboxylic acids is 3. The first-order valence-corrected chi connectivity index (χ1v) is 27.5. The lowest BCUT2D eigenvalue weighted by atomic mass is 10.0. The molecule has 0 aromatic rings. The number of carbonyl (C=O) groups is 3. The first-order chi connectivity index (χ1) is 30.0. The highest BCUT2D eigenvalue weighted by Gasteiger charge is 2.34. The summed E-state index contributed by atoms with van der Waals surface area (Å²) in [7, 11) is 0. The zero-order valence-corrected chi connectivity index (χ0v) is 41.4. The molecule has 1 N–H and O–H groups in total. The van der Waals surface area contributed by atoms with Gasteiger partial charge in [0.15, 0.2) is 18.0 Å². The Labute approximate surface area is 380 Å². The molecule has 6 nitrogen and oxygen atoms in total. The number of hydrogen-bond donors (Lipinski definition) is 1. The first kappa shape index (κ1) is 59.6. The van der Waals surface area contributed by atoms with Gasteiger partial charge in [0.1, 0.15) is 0 Å². The van der Waals surface area contributed by atoms with E-state index in [2.05, 4.69) is 20.8 Å². The number of aliphatic hydroxyl groups is 1. The molecule has 0 aliphatic carbocycles. The van der Waals surface area contributed by atoms with Crippen molar-refractivity contribution in [2.45, 2.75) is 328 Å². The van der Waals surface area contributed by atoms with Crippen LogP contribution in [0.2, 0.25) is 0 Å². The molecule has 0 aliphatic rings.